The number of hydrogen-bond acceptors (Lipinski definition) is 5. The molecule has 0 atom stereocenters. The van der Waals surface area contributed by atoms with Crippen LogP contribution >= 0.6 is 10.7 Å². The Morgan fingerprint density at radius 2 is 1.86 bits per heavy atom. The SMILES string of the molecule is Cc1ccc(N2C(=O)C(C)(C)CS2(=O)=O)cc1S(=O)(=O)Cl. The van der Waals surface area contributed by atoms with E-state index in [9.17, 15) is 21.6 Å². The van der Waals surface area contributed by atoms with Crippen LogP contribution < -0.4 is 4.31 Å². The van der Waals surface area contributed by atoms with Crippen LogP contribution in [0, 0.1) is 12.3 Å². The molecule has 1 aromatic carbocycles. The number of nitrogens with zero attached hydrogens (tertiary/aromatic N) is 1. The zero-order valence-corrected chi connectivity index (χ0v) is 14.0. The van der Waals surface area contributed by atoms with E-state index in [1.165, 1.54) is 32.9 Å². The van der Waals surface area contributed by atoms with Gasteiger partial charge in [-0.3, -0.25) is 4.79 Å². The predicted octanol–water partition coefficient (Wildman–Crippen LogP) is 1.63. The van der Waals surface area contributed by atoms with Crippen molar-refractivity contribution in [3.05, 3.63) is 23.8 Å². The third-order valence-electron chi connectivity index (χ3n) is 3.25. The largest absolute Gasteiger partial charge is 0.273 e. The lowest BCUT2D eigenvalue weighted by Gasteiger charge is -2.18. The lowest BCUT2D eigenvalue weighted by Crippen LogP contribution is -2.33. The second kappa shape index (κ2) is 4.69. The van der Waals surface area contributed by atoms with Gasteiger partial charge in [-0.1, -0.05) is 6.07 Å². The molecule has 0 unspecified atom stereocenters. The van der Waals surface area contributed by atoms with E-state index in [4.69, 9.17) is 10.7 Å². The van der Waals surface area contributed by atoms with Crippen molar-refractivity contribution in [3.8, 4) is 0 Å². The number of carbonyl (C=O) groups is 1. The van der Waals surface area contributed by atoms with E-state index >= 15 is 0 Å². The molecule has 0 N–H and O–H groups in total. The van der Waals surface area contributed by atoms with E-state index in [1.54, 1.807) is 0 Å². The van der Waals surface area contributed by atoms with E-state index < -0.39 is 30.4 Å². The van der Waals surface area contributed by atoms with Crippen molar-refractivity contribution in [1.29, 1.82) is 0 Å². The average Bonchev–Trinajstić information content (AvgIpc) is 2.43. The summed E-state index contributed by atoms with van der Waals surface area (Å²) in [4.78, 5) is 12.0. The minimum absolute atomic E-state index is 0.0181. The van der Waals surface area contributed by atoms with Gasteiger partial charge in [-0.25, -0.2) is 21.1 Å². The minimum Gasteiger partial charge on any atom is -0.273 e. The molecule has 1 heterocycles. The molecule has 1 aromatic rings. The number of sulfonamides is 1. The molecule has 21 heavy (non-hydrogen) atoms. The highest BCUT2D eigenvalue weighted by Crippen LogP contribution is 2.37. The predicted molar refractivity (Wildman–Crippen MR) is 79.3 cm³/mol. The molecule has 1 aliphatic heterocycles. The van der Waals surface area contributed by atoms with E-state index in [0.717, 1.165) is 6.07 Å². The molecule has 0 bridgehead atoms. The molecule has 1 amide bonds. The van der Waals surface area contributed by atoms with Crippen LogP contribution in [0.2, 0.25) is 0 Å². The summed E-state index contributed by atoms with van der Waals surface area (Å²) >= 11 is 0. The number of rotatable bonds is 2. The number of benzene rings is 1. The van der Waals surface area contributed by atoms with E-state index in [2.05, 4.69) is 0 Å². The molecule has 1 fully saturated rings. The number of hydrogen-bond donors (Lipinski definition) is 0. The highest BCUT2D eigenvalue weighted by atomic mass is 35.7. The van der Waals surface area contributed by atoms with E-state index in [-0.39, 0.29) is 16.3 Å². The summed E-state index contributed by atoms with van der Waals surface area (Å²) in [5, 5.41) is 0. The van der Waals surface area contributed by atoms with Gasteiger partial charge in [0.25, 0.3) is 9.05 Å². The van der Waals surface area contributed by atoms with Crippen LogP contribution in [0.25, 0.3) is 0 Å². The third-order valence-corrected chi connectivity index (χ3v) is 6.74. The maximum absolute atomic E-state index is 12.3. The molecule has 116 valence electrons. The van der Waals surface area contributed by atoms with Gasteiger partial charge in [0.2, 0.25) is 15.9 Å². The summed E-state index contributed by atoms with van der Waals surface area (Å²) in [7, 11) is -2.53. The van der Waals surface area contributed by atoms with Gasteiger partial charge in [0.05, 0.1) is 21.8 Å². The molecule has 0 aromatic heterocycles. The highest BCUT2D eigenvalue weighted by molar-refractivity contribution is 8.13. The standard InChI is InChI=1S/C12H14ClNO5S2/c1-8-4-5-9(6-10(8)21(13,18)19)14-11(15)12(2,3)7-20(14,16)17/h4-6H,7H2,1-3H3. The van der Waals surface area contributed by atoms with Gasteiger partial charge in [0.1, 0.15) is 0 Å². The van der Waals surface area contributed by atoms with E-state index in [0.29, 0.717) is 9.87 Å². The summed E-state index contributed by atoms with van der Waals surface area (Å²) in [5.41, 5.74) is -0.698. The number of halogens is 1. The first-order chi connectivity index (χ1) is 9.36. The quantitative estimate of drug-likeness (QED) is 0.755. The molecule has 0 spiro atoms. The molecular formula is C12H14ClNO5S2. The van der Waals surface area contributed by atoms with Gasteiger partial charge >= 0.3 is 0 Å². The van der Waals surface area contributed by atoms with Crippen molar-refractivity contribution >= 4 is 41.4 Å². The Morgan fingerprint density at radius 3 is 2.29 bits per heavy atom. The Bertz CT molecular complexity index is 827. The van der Waals surface area contributed by atoms with Crippen LogP contribution in [0.3, 0.4) is 0 Å². The highest BCUT2D eigenvalue weighted by Gasteiger charge is 2.50. The van der Waals surface area contributed by atoms with Crippen molar-refractivity contribution in [2.75, 3.05) is 10.1 Å². The fourth-order valence-corrected chi connectivity index (χ4v) is 5.55. The average molecular weight is 352 g/mol. The molecular weight excluding hydrogens is 338 g/mol. The summed E-state index contributed by atoms with van der Waals surface area (Å²) in [6.45, 7) is 4.59. The first-order valence-corrected chi connectivity index (χ1v) is 9.91. The number of anilines is 1. The lowest BCUT2D eigenvalue weighted by atomic mass is 9.95. The van der Waals surface area contributed by atoms with Crippen LogP contribution in [0.4, 0.5) is 5.69 Å². The van der Waals surface area contributed by atoms with Gasteiger partial charge in [0.15, 0.2) is 0 Å². The zero-order chi connectivity index (χ0) is 16.2. The first-order valence-electron chi connectivity index (χ1n) is 5.99. The fraction of sp³-hybridized carbons (Fsp3) is 0.417. The normalized spacial score (nSPS) is 20.8. The molecule has 0 saturated carbocycles. The first kappa shape index (κ1) is 16.3. The number of aryl methyl sites for hydroxylation is 1. The molecule has 0 aliphatic carbocycles. The molecule has 1 aliphatic rings. The summed E-state index contributed by atoms with van der Waals surface area (Å²) in [5.74, 6) is -0.917. The number of carbonyl (C=O) groups excluding carboxylic acids is 1. The van der Waals surface area contributed by atoms with Gasteiger partial charge in [-0.2, -0.15) is 0 Å². The molecule has 6 nitrogen and oxygen atoms in total. The molecule has 2 rings (SSSR count). The van der Waals surface area contributed by atoms with Gasteiger partial charge in [-0.05, 0) is 38.5 Å². The van der Waals surface area contributed by atoms with Crippen LogP contribution in [0.5, 0.6) is 0 Å². The second-order valence-corrected chi connectivity index (χ2v) is 9.95. The molecule has 1 saturated heterocycles. The maximum atomic E-state index is 12.3. The summed E-state index contributed by atoms with van der Waals surface area (Å²) in [6, 6.07) is 3.91. The number of amides is 1. The fourth-order valence-electron chi connectivity index (χ4n) is 2.24. The van der Waals surface area contributed by atoms with Gasteiger partial charge in [-0.15, -0.1) is 0 Å². The summed E-state index contributed by atoms with van der Waals surface area (Å²) in [6.07, 6.45) is 0. The van der Waals surface area contributed by atoms with E-state index in [1.807, 2.05) is 0 Å². The smallest absolute Gasteiger partial charge is 0.261 e. The molecule has 0 radical (unpaired) electrons. The third kappa shape index (κ3) is 2.79. The van der Waals surface area contributed by atoms with Gasteiger partial charge in [0, 0.05) is 10.7 Å². The zero-order valence-electron chi connectivity index (χ0n) is 11.6. The Labute approximate surface area is 128 Å². The second-order valence-electron chi connectivity index (χ2n) is 5.60. The van der Waals surface area contributed by atoms with Crippen molar-refractivity contribution in [1.82, 2.24) is 0 Å². The van der Waals surface area contributed by atoms with Crippen molar-refractivity contribution < 1.29 is 21.6 Å². The Balaban J connectivity index is 2.66. The van der Waals surface area contributed by atoms with Crippen molar-refractivity contribution in [3.63, 3.8) is 0 Å². The van der Waals surface area contributed by atoms with Gasteiger partial charge < -0.3 is 0 Å². The van der Waals surface area contributed by atoms with Crippen molar-refractivity contribution in [2.45, 2.75) is 25.7 Å². The van der Waals surface area contributed by atoms with Crippen LogP contribution in [-0.2, 0) is 23.9 Å². The van der Waals surface area contributed by atoms with Crippen LogP contribution in [-0.4, -0.2) is 28.5 Å². The lowest BCUT2D eigenvalue weighted by molar-refractivity contribution is -0.123. The van der Waals surface area contributed by atoms with Crippen molar-refractivity contribution in [2.24, 2.45) is 5.41 Å². The Kier molecular flexibility index (Phi) is 3.63. The minimum atomic E-state index is -4.03. The van der Waals surface area contributed by atoms with Crippen LogP contribution in [0.1, 0.15) is 19.4 Å². The van der Waals surface area contributed by atoms with Crippen LogP contribution in [0.15, 0.2) is 23.1 Å². The maximum Gasteiger partial charge on any atom is 0.261 e. The Hall–Kier alpha value is -1.12. The molecule has 9 heteroatoms. The summed E-state index contributed by atoms with van der Waals surface area (Å²) < 4.78 is 48.0. The monoisotopic (exact) mass is 351 g/mol. The topological polar surface area (TPSA) is 88.6 Å². The Morgan fingerprint density at radius 1 is 1.29 bits per heavy atom.